The Labute approximate surface area is 92.2 Å². The van der Waals surface area contributed by atoms with Crippen LogP contribution in [-0.2, 0) is 0 Å². The number of hydrogen-bond acceptors (Lipinski definition) is 2. The van der Waals surface area contributed by atoms with Crippen LogP contribution in [0.2, 0.25) is 0 Å². The van der Waals surface area contributed by atoms with Gasteiger partial charge in [0.25, 0.3) is 0 Å². The molecule has 1 nitrogen and oxygen atoms in total. The van der Waals surface area contributed by atoms with Crippen LogP contribution in [0, 0.1) is 6.92 Å². The average molecular weight is 234 g/mol. The van der Waals surface area contributed by atoms with Gasteiger partial charge in [0.05, 0.1) is 0 Å². The topological polar surface area (TPSA) is 12.9 Å². The molecule has 0 aromatic carbocycles. The summed E-state index contributed by atoms with van der Waals surface area (Å²) < 4.78 is 0. The molecule has 0 aliphatic rings. The minimum atomic E-state index is 0.655. The Morgan fingerprint density at radius 1 is 1.69 bits per heavy atom. The Bertz CT molecular complexity index is 312. The summed E-state index contributed by atoms with van der Waals surface area (Å²) in [5.41, 5.74) is 2.55. The molecular formula is C9H9Cl2NS. The van der Waals surface area contributed by atoms with Crippen LogP contribution in [0.3, 0.4) is 0 Å². The first-order chi connectivity index (χ1) is 6.24. The largest absolute Gasteiger partial charge is 0.264 e. The van der Waals surface area contributed by atoms with E-state index in [2.05, 4.69) is 4.98 Å². The third-order valence-electron chi connectivity index (χ3n) is 1.45. The number of nitrogens with zero attached hydrogens (tertiary/aromatic N) is 1. The third-order valence-corrected chi connectivity index (χ3v) is 3.45. The van der Waals surface area contributed by atoms with Gasteiger partial charge in [0, 0.05) is 33.6 Å². The van der Waals surface area contributed by atoms with E-state index in [4.69, 9.17) is 23.2 Å². The minimum absolute atomic E-state index is 0.655. The van der Waals surface area contributed by atoms with Gasteiger partial charge in [-0.05, 0) is 18.6 Å². The fraction of sp³-hybridized carbons (Fsp3) is 0.222. The Hall–Kier alpha value is -0.180. The summed E-state index contributed by atoms with van der Waals surface area (Å²) in [7, 11) is 0. The first-order valence-corrected chi connectivity index (χ1v) is 5.52. The predicted octanol–water partition coefficient (Wildman–Crippen LogP) is 3.80. The fourth-order valence-electron chi connectivity index (χ4n) is 0.801. The molecule has 0 aliphatic heterocycles. The van der Waals surface area contributed by atoms with Crippen molar-refractivity contribution < 1.29 is 0 Å². The molecule has 0 aliphatic carbocycles. The lowest BCUT2D eigenvalue weighted by Crippen LogP contribution is -1.83. The van der Waals surface area contributed by atoms with Crippen molar-refractivity contribution in [3.63, 3.8) is 0 Å². The molecule has 0 unspecified atom stereocenters. The number of hydrogen-bond donors (Lipinski definition) is 0. The first-order valence-electron chi connectivity index (χ1n) is 3.72. The molecule has 1 rings (SSSR count). The van der Waals surface area contributed by atoms with Crippen molar-refractivity contribution in [2.45, 2.75) is 11.8 Å². The van der Waals surface area contributed by atoms with Crippen LogP contribution >= 0.6 is 35.0 Å². The van der Waals surface area contributed by atoms with Gasteiger partial charge >= 0.3 is 0 Å². The zero-order valence-electron chi connectivity index (χ0n) is 7.13. The minimum Gasteiger partial charge on any atom is -0.264 e. The van der Waals surface area contributed by atoms with E-state index in [1.54, 1.807) is 18.0 Å². The number of pyridine rings is 1. The third kappa shape index (κ3) is 3.59. The lowest BCUT2D eigenvalue weighted by molar-refractivity contribution is 1.18. The molecule has 13 heavy (non-hydrogen) atoms. The zero-order valence-corrected chi connectivity index (χ0v) is 9.46. The molecule has 0 N–H and O–H groups in total. The van der Waals surface area contributed by atoms with Crippen LogP contribution in [0.4, 0.5) is 0 Å². The molecule has 0 fully saturated rings. The van der Waals surface area contributed by atoms with Gasteiger partial charge in [0.15, 0.2) is 0 Å². The lowest BCUT2D eigenvalue weighted by Gasteiger charge is -2.02. The van der Waals surface area contributed by atoms with Gasteiger partial charge in [0.2, 0.25) is 0 Å². The summed E-state index contributed by atoms with van der Waals surface area (Å²) in [5, 5.41) is 0.655. The fourth-order valence-corrected chi connectivity index (χ4v) is 1.95. The summed E-state index contributed by atoms with van der Waals surface area (Å²) in [6.45, 7) is 2.02. The van der Waals surface area contributed by atoms with Crippen LogP contribution in [0.5, 0.6) is 0 Å². The second-order valence-corrected chi connectivity index (χ2v) is 4.21. The van der Waals surface area contributed by atoms with Gasteiger partial charge in [0.1, 0.15) is 0 Å². The van der Waals surface area contributed by atoms with Crippen molar-refractivity contribution >= 4 is 35.0 Å². The molecule has 0 saturated heterocycles. The van der Waals surface area contributed by atoms with Crippen molar-refractivity contribution in [3.05, 3.63) is 34.6 Å². The summed E-state index contributed by atoms with van der Waals surface area (Å²) in [6, 6.07) is 1.97. The highest BCUT2D eigenvalue weighted by Gasteiger charge is 1.99. The van der Waals surface area contributed by atoms with E-state index in [-0.39, 0.29) is 0 Å². The highest BCUT2D eigenvalue weighted by molar-refractivity contribution is 7.99. The smallest absolute Gasteiger partial charge is 0.0396 e. The maximum atomic E-state index is 5.76. The van der Waals surface area contributed by atoms with Crippen molar-refractivity contribution in [2.75, 3.05) is 5.75 Å². The summed E-state index contributed by atoms with van der Waals surface area (Å²) in [6.07, 6.45) is 3.61. The molecule has 0 radical (unpaired) electrons. The molecule has 0 saturated carbocycles. The highest BCUT2D eigenvalue weighted by atomic mass is 35.5. The molecule has 1 aromatic heterocycles. The zero-order chi connectivity index (χ0) is 9.68. The van der Waals surface area contributed by atoms with Crippen molar-refractivity contribution in [2.24, 2.45) is 0 Å². The second kappa shape index (κ2) is 5.53. The van der Waals surface area contributed by atoms with Crippen LogP contribution in [-0.4, -0.2) is 10.7 Å². The molecule has 0 atom stereocenters. The van der Waals surface area contributed by atoms with Crippen LogP contribution in [0.25, 0.3) is 0 Å². The number of aromatic nitrogens is 1. The van der Waals surface area contributed by atoms with E-state index < -0.39 is 0 Å². The van der Waals surface area contributed by atoms with E-state index in [9.17, 15) is 0 Å². The number of aryl methyl sites for hydroxylation is 1. The van der Waals surface area contributed by atoms with Gasteiger partial charge in [-0.25, -0.2) is 0 Å². The van der Waals surface area contributed by atoms with E-state index in [1.807, 2.05) is 19.2 Å². The van der Waals surface area contributed by atoms with Crippen LogP contribution in [0.1, 0.15) is 5.56 Å². The van der Waals surface area contributed by atoms with Crippen molar-refractivity contribution in [1.82, 2.24) is 4.98 Å². The van der Waals surface area contributed by atoms with Crippen molar-refractivity contribution in [3.8, 4) is 0 Å². The SMILES string of the molecule is Cc1cnccc1SC/C(Cl)=C/Cl. The van der Waals surface area contributed by atoms with Gasteiger partial charge in [-0.1, -0.05) is 23.2 Å². The van der Waals surface area contributed by atoms with E-state index in [1.165, 1.54) is 10.4 Å². The van der Waals surface area contributed by atoms with Gasteiger partial charge in [-0.2, -0.15) is 0 Å². The monoisotopic (exact) mass is 233 g/mol. The number of rotatable bonds is 3. The average Bonchev–Trinajstić information content (AvgIpc) is 2.16. The molecular weight excluding hydrogens is 225 g/mol. The first kappa shape index (κ1) is 10.9. The number of halogens is 2. The Morgan fingerprint density at radius 3 is 3.08 bits per heavy atom. The van der Waals surface area contributed by atoms with Gasteiger partial charge < -0.3 is 0 Å². The molecule has 0 spiro atoms. The normalized spacial score (nSPS) is 11.8. The summed E-state index contributed by atoms with van der Waals surface area (Å²) in [5.74, 6) is 0.704. The maximum Gasteiger partial charge on any atom is 0.0396 e. The second-order valence-electron chi connectivity index (χ2n) is 2.49. The quantitative estimate of drug-likeness (QED) is 0.737. The van der Waals surface area contributed by atoms with Gasteiger partial charge in [-0.3, -0.25) is 4.98 Å². The summed E-state index contributed by atoms with van der Waals surface area (Å²) in [4.78, 5) is 5.19. The molecule has 0 bridgehead atoms. The highest BCUT2D eigenvalue weighted by Crippen LogP contribution is 2.24. The standard InChI is InChI=1S/C9H9Cl2NS/c1-7-5-12-3-2-9(7)13-6-8(11)4-10/h2-5H,6H2,1H3/b8-4-. The number of thioether (sulfide) groups is 1. The molecule has 1 aromatic rings. The van der Waals surface area contributed by atoms with E-state index in [0.717, 1.165) is 5.56 Å². The van der Waals surface area contributed by atoms with E-state index >= 15 is 0 Å². The molecule has 70 valence electrons. The Kier molecular flexibility index (Phi) is 4.64. The summed E-state index contributed by atoms with van der Waals surface area (Å²) >= 11 is 12.9. The van der Waals surface area contributed by atoms with Crippen LogP contribution in [0.15, 0.2) is 33.9 Å². The molecule has 0 amide bonds. The maximum absolute atomic E-state index is 5.76. The molecule has 1 heterocycles. The van der Waals surface area contributed by atoms with Gasteiger partial charge in [-0.15, -0.1) is 11.8 Å². The van der Waals surface area contributed by atoms with E-state index in [0.29, 0.717) is 10.8 Å². The van der Waals surface area contributed by atoms with Crippen molar-refractivity contribution in [1.29, 1.82) is 0 Å². The Balaban J connectivity index is 2.60. The van der Waals surface area contributed by atoms with Crippen LogP contribution < -0.4 is 0 Å². The Morgan fingerprint density at radius 2 is 2.46 bits per heavy atom. The predicted molar refractivity (Wildman–Crippen MR) is 59.5 cm³/mol. The molecule has 4 heteroatoms. The lowest BCUT2D eigenvalue weighted by atomic mass is 10.3.